The third kappa shape index (κ3) is 1.13. The molecule has 11 heavy (non-hydrogen) atoms. The monoisotopic (exact) mass is 150 g/mol. The van der Waals surface area contributed by atoms with E-state index in [1.165, 1.54) is 0 Å². The molecule has 0 saturated heterocycles. The fraction of sp³-hybridized carbons (Fsp3) is 0.250. The van der Waals surface area contributed by atoms with E-state index < -0.39 is 0 Å². The van der Waals surface area contributed by atoms with Crippen LogP contribution in [0.1, 0.15) is 12.0 Å². The SMILES string of the molecule is FC1=Nc2ncccc2CC1. The van der Waals surface area contributed by atoms with Crippen molar-refractivity contribution >= 4 is 11.8 Å². The van der Waals surface area contributed by atoms with E-state index in [1.54, 1.807) is 6.20 Å². The highest BCUT2D eigenvalue weighted by Gasteiger charge is 2.10. The van der Waals surface area contributed by atoms with Crippen LogP contribution in [0.4, 0.5) is 10.2 Å². The minimum Gasteiger partial charge on any atom is -0.237 e. The Morgan fingerprint density at radius 2 is 2.27 bits per heavy atom. The molecule has 0 spiro atoms. The standard InChI is InChI=1S/C8H7FN2/c9-7-4-3-6-2-1-5-10-8(6)11-7/h1-2,5H,3-4H2. The molecule has 0 amide bonds. The Kier molecular flexibility index (Phi) is 1.42. The molecule has 0 saturated carbocycles. The Hall–Kier alpha value is -1.25. The lowest BCUT2D eigenvalue weighted by Gasteiger charge is -2.07. The number of halogens is 1. The van der Waals surface area contributed by atoms with Crippen molar-refractivity contribution in [2.75, 3.05) is 0 Å². The van der Waals surface area contributed by atoms with Crippen LogP contribution in [0, 0.1) is 0 Å². The normalized spacial score (nSPS) is 15.5. The van der Waals surface area contributed by atoms with Gasteiger partial charge in [-0.2, -0.15) is 4.39 Å². The highest BCUT2D eigenvalue weighted by molar-refractivity contribution is 5.80. The zero-order valence-corrected chi connectivity index (χ0v) is 5.92. The lowest BCUT2D eigenvalue weighted by atomic mass is 10.1. The van der Waals surface area contributed by atoms with E-state index in [1.807, 2.05) is 12.1 Å². The second kappa shape index (κ2) is 2.42. The highest BCUT2D eigenvalue weighted by atomic mass is 19.1. The molecular formula is C8H7FN2. The first-order valence-corrected chi connectivity index (χ1v) is 3.53. The van der Waals surface area contributed by atoms with Crippen LogP contribution in [0.2, 0.25) is 0 Å². The van der Waals surface area contributed by atoms with Gasteiger partial charge in [-0.1, -0.05) is 6.07 Å². The molecule has 0 fully saturated rings. The van der Waals surface area contributed by atoms with Gasteiger partial charge in [0.1, 0.15) is 0 Å². The molecule has 0 N–H and O–H groups in total. The second-order valence-electron chi connectivity index (χ2n) is 2.47. The summed E-state index contributed by atoms with van der Waals surface area (Å²) in [5.41, 5.74) is 1.04. The number of pyridine rings is 1. The molecule has 1 aliphatic rings. The summed E-state index contributed by atoms with van der Waals surface area (Å²) >= 11 is 0. The molecule has 0 unspecified atom stereocenters. The van der Waals surface area contributed by atoms with E-state index in [9.17, 15) is 4.39 Å². The zero-order chi connectivity index (χ0) is 7.68. The van der Waals surface area contributed by atoms with Gasteiger partial charge in [-0.25, -0.2) is 9.98 Å². The molecule has 2 rings (SSSR count). The highest BCUT2D eigenvalue weighted by Crippen LogP contribution is 2.22. The number of fused-ring (bicyclic) bond motifs is 1. The summed E-state index contributed by atoms with van der Waals surface area (Å²) in [4.78, 5) is 7.63. The molecule has 1 aliphatic heterocycles. The molecule has 0 atom stereocenters. The van der Waals surface area contributed by atoms with E-state index in [2.05, 4.69) is 9.98 Å². The predicted molar refractivity (Wildman–Crippen MR) is 40.8 cm³/mol. The van der Waals surface area contributed by atoms with Crippen molar-refractivity contribution in [3.8, 4) is 0 Å². The summed E-state index contributed by atoms with van der Waals surface area (Å²) in [5.74, 6) is 0.229. The Bertz CT molecular complexity index is 307. The van der Waals surface area contributed by atoms with Crippen LogP contribution in [-0.2, 0) is 6.42 Å². The van der Waals surface area contributed by atoms with Crippen molar-refractivity contribution in [2.45, 2.75) is 12.8 Å². The van der Waals surface area contributed by atoms with Gasteiger partial charge in [0.2, 0.25) is 0 Å². The summed E-state index contributed by atoms with van der Waals surface area (Å²) in [6.07, 6.45) is 2.76. The third-order valence-corrected chi connectivity index (χ3v) is 1.70. The first kappa shape index (κ1) is 6.46. The molecule has 1 aromatic rings. The van der Waals surface area contributed by atoms with Crippen LogP contribution in [0.25, 0.3) is 0 Å². The van der Waals surface area contributed by atoms with Gasteiger partial charge < -0.3 is 0 Å². The maximum absolute atomic E-state index is 12.6. The molecular weight excluding hydrogens is 143 g/mol. The van der Waals surface area contributed by atoms with Crippen molar-refractivity contribution in [1.29, 1.82) is 0 Å². The Morgan fingerprint density at radius 1 is 1.36 bits per heavy atom. The smallest absolute Gasteiger partial charge is 0.191 e. The summed E-state index contributed by atoms with van der Waals surface area (Å²) in [5, 5.41) is 0. The van der Waals surface area contributed by atoms with E-state index in [4.69, 9.17) is 0 Å². The number of rotatable bonds is 0. The quantitative estimate of drug-likeness (QED) is 0.555. The summed E-state index contributed by atoms with van der Waals surface area (Å²) in [6.45, 7) is 0. The van der Waals surface area contributed by atoms with Crippen LogP contribution >= 0.6 is 0 Å². The summed E-state index contributed by atoms with van der Waals surface area (Å²) < 4.78 is 12.6. The number of aliphatic imine (C=N–C) groups is 1. The van der Waals surface area contributed by atoms with Crippen molar-refractivity contribution in [1.82, 2.24) is 4.98 Å². The minimum absolute atomic E-state index is 0.309. The Labute approximate surface area is 63.8 Å². The van der Waals surface area contributed by atoms with Crippen LogP contribution in [0.5, 0.6) is 0 Å². The fourth-order valence-electron chi connectivity index (χ4n) is 1.13. The first-order valence-electron chi connectivity index (χ1n) is 3.53. The van der Waals surface area contributed by atoms with Gasteiger partial charge in [0.15, 0.2) is 11.8 Å². The van der Waals surface area contributed by atoms with Crippen molar-refractivity contribution < 1.29 is 4.39 Å². The Balaban J connectivity index is 2.51. The number of aryl methyl sites for hydroxylation is 1. The molecule has 0 bridgehead atoms. The van der Waals surface area contributed by atoms with Crippen molar-refractivity contribution in [3.63, 3.8) is 0 Å². The maximum atomic E-state index is 12.6. The van der Waals surface area contributed by atoms with Gasteiger partial charge in [0.25, 0.3) is 0 Å². The largest absolute Gasteiger partial charge is 0.237 e. The molecule has 56 valence electrons. The average molecular weight is 150 g/mol. The van der Waals surface area contributed by atoms with Gasteiger partial charge >= 0.3 is 0 Å². The van der Waals surface area contributed by atoms with E-state index >= 15 is 0 Å². The maximum Gasteiger partial charge on any atom is 0.191 e. The van der Waals surface area contributed by atoms with Gasteiger partial charge in [0.05, 0.1) is 0 Å². The van der Waals surface area contributed by atoms with E-state index in [-0.39, 0.29) is 5.97 Å². The molecule has 2 heterocycles. The first-order chi connectivity index (χ1) is 5.36. The number of hydrogen-bond acceptors (Lipinski definition) is 2. The number of hydrogen-bond donors (Lipinski definition) is 0. The van der Waals surface area contributed by atoms with Crippen molar-refractivity contribution in [2.24, 2.45) is 4.99 Å². The lowest BCUT2D eigenvalue weighted by Crippen LogP contribution is -2.00. The van der Waals surface area contributed by atoms with Gasteiger partial charge in [0, 0.05) is 12.6 Å². The average Bonchev–Trinajstić information content (AvgIpc) is 2.04. The van der Waals surface area contributed by atoms with E-state index in [0.29, 0.717) is 12.2 Å². The molecule has 1 aromatic heterocycles. The molecule has 3 heteroatoms. The van der Waals surface area contributed by atoms with Gasteiger partial charge in [-0.15, -0.1) is 0 Å². The predicted octanol–water partition coefficient (Wildman–Crippen LogP) is 2.03. The minimum atomic E-state index is -0.309. The van der Waals surface area contributed by atoms with Crippen LogP contribution in [-0.4, -0.2) is 10.9 Å². The van der Waals surface area contributed by atoms with Crippen LogP contribution in [0.3, 0.4) is 0 Å². The van der Waals surface area contributed by atoms with Crippen LogP contribution < -0.4 is 0 Å². The zero-order valence-electron chi connectivity index (χ0n) is 5.92. The second-order valence-corrected chi connectivity index (χ2v) is 2.47. The van der Waals surface area contributed by atoms with E-state index in [0.717, 1.165) is 12.0 Å². The lowest BCUT2D eigenvalue weighted by molar-refractivity contribution is 0.742. The van der Waals surface area contributed by atoms with Gasteiger partial charge in [-0.05, 0) is 18.1 Å². The molecule has 2 nitrogen and oxygen atoms in total. The molecule has 0 radical (unpaired) electrons. The van der Waals surface area contributed by atoms with Crippen molar-refractivity contribution in [3.05, 3.63) is 23.9 Å². The number of nitrogens with zero attached hydrogens (tertiary/aromatic N) is 2. The van der Waals surface area contributed by atoms with Gasteiger partial charge in [-0.3, -0.25) is 0 Å². The Morgan fingerprint density at radius 3 is 3.18 bits per heavy atom. The summed E-state index contributed by atoms with van der Waals surface area (Å²) in [6, 6.07) is 3.77. The summed E-state index contributed by atoms with van der Waals surface area (Å²) in [7, 11) is 0. The molecule has 0 aliphatic carbocycles. The van der Waals surface area contributed by atoms with Crippen LogP contribution in [0.15, 0.2) is 23.3 Å². The fourth-order valence-corrected chi connectivity index (χ4v) is 1.13. The number of aromatic nitrogens is 1. The topological polar surface area (TPSA) is 25.2 Å². The third-order valence-electron chi connectivity index (χ3n) is 1.70. The molecule has 0 aromatic carbocycles.